The van der Waals surface area contributed by atoms with Gasteiger partial charge < -0.3 is 14.6 Å². The summed E-state index contributed by atoms with van der Waals surface area (Å²) in [5.41, 5.74) is 3.19. The summed E-state index contributed by atoms with van der Waals surface area (Å²) >= 11 is 0. The summed E-state index contributed by atoms with van der Waals surface area (Å²) in [5.74, 6) is -0.145. The average Bonchev–Trinajstić information content (AvgIpc) is 3.19. The van der Waals surface area contributed by atoms with E-state index in [0.29, 0.717) is 29.7 Å². The fourth-order valence-corrected chi connectivity index (χ4v) is 6.11. The maximum Gasteiger partial charge on any atom is 0.416 e. The highest BCUT2D eigenvalue weighted by Gasteiger charge is 2.42. The van der Waals surface area contributed by atoms with Gasteiger partial charge in [0, 0.05) is 12.1 Å². The highest BCUT2D eigenvalue weighted by Crippen LogP contribution is 2.46. The van der Waals surface area contributed by atoms with Crippen LogP contribution >= 0.6 is 0 Å². The van der Waals surface area contributed by atoms with Crippen molar-refractivity contribution in [3.05, 3.63) is 69.8 Å². The molecule has 2 aromatic rings. The maximum atomic E-state index is 13.5. The first-order chi connectivity index (χ1) is 19.9. The zero-order chi connectivity index (χ0) is 31.9. The van der Waals surface area contributed by atoms with E-state index in [1.165, 1.54) is 0 Å². The largest absolute Gasteiger partial charge is 0.496 e. The summed E-state index contributed by atoms with van der Waals surface area (Å²) in [4.78, 5) is 26.5. The Morgan fingerprint density at radius 1 is 1.16 bits per heavy atom. The molecule has 0 unspecified atom stereocenters. The van der Waals surface area contributed by atoms with Gasteiger partial charge in [0.25, 0.3) is 0 Å². The summed E-state index contributed by atoms with van der Waals surface area (Å²) in [6.45, 7) is 11.5. The first kappa shape index (κ1) is 32.4. The number of aliphatic carboxylic acids is 1. The third-order valence-corrected chi connectivity index (χ3v) is 8.89. The summed E-state index contributed by atoms with van der Waals surface area (Å²) in [6, 6.07) is 9.24. The van der Waals surface area contributed by atoms with E-state index in [1.807, 2.05) is 19.1 Å². The highest BCUT2D eigenvalue weighted by atomic mass is 19.4. The number of cyclic esters (lactones) is 1. The van der Waals surface area contributed by atoms with Crippen molar-refractivity contribution in [2.75, 3.05) is 13.7 Å². The fourth-order valence-electron chi connectivity index (χ4n) is 6.11. The molecule has 2 aliphatic rings. The van der Waals surface area contributed by atoms with Crippen LogP contribution in [0.2, 0.25) is 0 Å². The molecule has 2 aromatic carbocycles. The molecule has 6 nitrogen and oxygen atoms in total. The van der Waals surface area contributed by atoms with E-state index in [9.17, 15) is 27.9 Å². The number of aryl methyl sites for hydroxylation is 2. The number of hydrogen-bond donors (Lipinski definition) is 1. The Labute approximate surface area is 251 Å². The van der Waals surface area contributed by atoms with Gasteiger partial charge in [-0.15, -0.1) is 0 Å². The Morgan fingerprint density at radius 2 is 1.86 bits per heavy atom. The van der Waals surface area contributed by atoms with Crippen LogP contribution in [-0.2, 0) is 22.1 Å². The Hall–Kier alpha value is -3.49. The number of hydrogen-bond acceptors (Lipinski definition) is 4. The Kier molecular flexibility index (Phi) is 8.96. The molecule has 1 heterocycles. The second-order valence-corrected chi connectivity index (χ2v) is 13.4. The summed E-state index contributed by atoms with van der Waals surface area (Å²) in [7, 11) is 1.61. The Balaban J connectivity index is 1.69. The lowest BCUT2D eigenvalue weighted by Crippen LogP contribution is -2.35. The van der Waals surface area contributed by atoms with Crippen LogP contribution in [0.5, 0.6) is 5.75 Å². The van der Waals surface area contributed by atoms with Crippen molar-refractivity contribution in [3.8, 4) is 5.75 Å². The number of carboxylic acid groups (broad SMARTS) is 1. The van der Waals surface area contributed by atoms with Gasteiger partial charge in [-0.05, 0) is 112 Å². The lowest BCUT2D eigenvalue weighted by atomic mass is 9.72. The number of allylic oxidation sites excluding steroid dienone is 1. The average molecular weight is 602 g/mol. The highest BCUT2D eigenvalue weighted by molar-refractivity contribution is 5.77. The smallest absolute Gasteiger partial charge is 0.416 e. The number of carboxylic acids is 1. The molecular weight excluding hydrogens is 559 g/mol. The van der Waals surface area contributed by atoms with E-state index in [2.05, 4.69) is 19.9 Å². The maximum absolute atomic E-state index is 13.5. The lowest BCUT2D eigenvalue weighted by Gasteiger charge is -2.36. The van der Waals surface area contributed by atoms with Crippen LogP contribution in [0.15, 0.2) is 42.0 Å². The minimum Gasteiger partial charge on any atom is -0.496 e. The van der Waals surface area contributed by atoms with E-state index in [0.717, 1.165) is 53.7 Å². The molecule has 0 radical (unpaired) electrons. The van der Waals surface area contributed by atoms with Gasteiger partial charge >= 0.3 is 18.2 Å². The second kappa shape index (κ2) is 11.9. The van der Waals surface area contributed by atoms with Crippen LogP contribution in [-0.4, -0.2) is 41.8 Å². The molecule has 1 aliphatic carbocycles. The number of ether oxygens (including phenoxy) is 2. The van der Waals surface area contributed by atoms with E-state index in [4.69, 9.17) is 9.47 Å². The number of alkyl halides is 3. The van der Waals surface area contributed by atoms with Gasteiger partial charge in [-0.25, -0.2) is 4.79 Å². The monoisotopic (exact) mass is 601 g/mol. The molecule has 0 bridgehead atoms. The van der Waals surface area contributed by atoms with Crippen LogP contribution in [0.1, 0.15) is 94.2 Å². The van der Waals surface area contributed by atoms with Crippen molar-refractivity contribution in [2.45, 2.75) is 92.0 Å². The SMILES string of the molecule is COc1ccc(CCC(C)(C)C(=O)O)cc1C1=C(CN2C(=O)O[C@H](c3cc(C)cc(C(F)(F)F)c3)[C@@H]2C)CC(C)(C)CC1. The molecule has 1 amide bonds. The number of carbonyl (C=O) groups excluding carboxylic acids is 1. The molecule has 4 rings (SSSR count). The molecule has 0 saturated carbocycles. The molecule has 234 valence electrons. The topological polar surface area (TPSA) is 76.1 Å². The molecule has 0 spiro atoms. The van der Waals surface area contributed by atoms with Gasteiger partial charge in [0.05, 0.1) is 24.1 Å². The second-order valence-electron chi connectivity index (χ2n) is 13.4. The van der Waals surface area contributed by atoms with Crippen LogP contribution < -0.4 is 4.74 Å². The summed E-state index contributed by atoms with van der Waals surface area (Å²) in [5, 5.41) is 9.56. The minimum absolute atomic E-state index is 0.0143. The minimum atomic E-state index is -4.50. The van der Waals surface area contributed by atoms with Crippen molar-refractivity contribution in [1.82, 2.24) is 4.90 Å². The van der Waals surface area contributed by atoms with Gasteiger partial charge in [0.15, 0.2) is 0 Å². The zero-order valence-electron chi connectivity index (χ0n) is 26.0. The molecule has 1 aliphatic heterocycles. The third kappa shape index (κ3) is 7.19. The third-order valence-electron chi connectivity index (χ3n) is 8.89. The van der Waals surface area contributed by atoms with Gasteiger partial charge in [0.2, 0.25) is 0 Å². The van der Waals surface area contributed by atoms with E-state index >= 15 is 0 Å². The quantitative estimate of drug-likeness (QED) is 0.312. The van der Waals surface area contributed by atoms with Gasteiger partial charge in [0.1, 0.15) is 11.9 Å². The Bertz CT molecular complexity index is 1430. The number of benzene rings is 2. The van der Waals surface area contributed by atoms with Gasteiger partial charge in [-0.3, -0.25) is 9.69 Å². The number of carbonyl (C=O) groups is 2. The van der Waals surface area contributed by atoms with Crippen molar-refractivity contribution >= 4 is 17.6 Å². The molecule has 2 atom stereocenters. The molecule has 1 N–H and O–H groups in total. The van der Waals surface area contributed by atoms with Crippen LogP contribution in [0.25, 0.3) is 5.57 Å². The number of methoxy groups -OCH3 is 1. The number of halogens is 3. The predicted octanol–water partition coefficient (Wildman–Crippen LogP) is 8.61. The molecule has 0 aromatic heterocycles. The first-order valence-corrected chi connectivity index (χ1v) is 14.7. The Morgan fingerprint density at radius 3 is 2.49 bits per heavy atom. The number of amides is 1. The normalized spacial score (nSPS) is 20.8. The summed E-state index contributed by atoms with van der Waals surface area (Å²) in [6.07, 6.45) is -2.42. The first-order valence-electron chi connectivity index (χ1n) is 14.7. The standard InChI is InChI=1S/C34H42F3NO5/c1-20-14-23(17-25(15-20)34(35,36)37)29-21(2)38(31(41)43-29)19-24-18-32(3,4)12-11-26(24)27-16-22(8-9-28(27)42-7)10-13-33(5,6)30(39)40/h8-9,14-17,21,29H,10-13,18-19H2,1-7H3,(H,39,40)/t21-,29-/m0/s1. The van der Waals surface area contributed by atoms with Gasteiger partial charge in [-0.1, -0.05) is 31.5 Å². The van der Waals surface area contributed by atoms with Crippen LogP contribution in [0, 0.1) is 17.8 Å². The van der Waals surface area contributed by atoms with Gasteiger partial charge in [-0.2, -0.15) is 13.2 Å². The number of nitrogens with zero attached hydrogens (tertiary/aromatic N) is 1. The zero-order valence-corrected chi connectivity index (χ0v) is 26.0. The predicted molar refractivity (Wildman–Crippen MR) is 159 cm³/mol. The molecule has 9 heteroatoms. The van der Waals surface area contributed by atoms with Crippen molar-refractivity contribution in [3.63, 3.8) is 0 Å². The van der Waals surface area contributed by atoms with Crippen LogP contribution in [0.3, 0.4) is 0 Å². The number of rotatable bonds is 9. The van der Waals surface area contributed by atoms with Crippen molar-refractivity contribution < 1.29 is 37.3 Å². The summed E-state index contributed by atoms with van der Waals surface area (Å²) < 4.78 is 52.1. The van der Waals surface area contributed by atoms with E-state index < -0.39 is 41.4 Å². The van der Waals surface area contributed by atoms with Crippen molar-refractivity contribution in [1.29, 1.82) is 0 Å². The molecule has 43 heavy (non-hydrogen) atoms. The molecular formula is C34H42F3NO5. The lowest BCUT2D eigenvalue weighted by molar-refractivity contribution is -0.147. The van der Waals surface area contributed by atoms with E-state index in [-0.39, 0.29) is 12.0 Å². The molecule has 1 saturated heterocycles. The molecule has 1 fully saturated rings. The van der Waals surface area contributed by atoms with Crippen molar-refractivity contribution in [2.24, 2.45) is 10.8 Å². The van der Waals surface area contributed by atoms with E-state index in [1.54, 1.807) is 38.8 Å². The fraction of sp³-hybridized carbons (Fsp3) is 0.529. The van der Waals surface area contributed by atoms with Crippen LogP contribution in [0.4, 0.5) is 18.0 Å².